The summed E-state index contributed by atoms with van der Waals surface area (Å²) < 4.78 is 13.9. The molecule has 2 rings (SSSR count). The third-order valence-corrected chi connectivity index (χ3v) is 4.11. The average molecular weight is 320 g/mol. The van der Waals surface area contributed by atoms with Gasteiger partial charge in [0.05, 0.1) is 5.41 Å². The fraction of sp³-hybridized carbons (Fsp3) is 0.471. The van der Waals surface area contributed by atoms with Gasteiger partial charge >= 0.3 is 0 Å². The average Bonchev–Trinajstić information content (AvgIpc) is 2.83. The van der Waals surface area contributed by atoms with Crippen LogP contribution in [0.2, 0.25) is 0 Å². The van der Waals surface area contributed by atoms with E-state index in [9.17, 15) is 18.8 Å². The zero-order valence-corrected chi connectivity index (χ0v) is 13.4. The first-order valence-corrected chi connectivity index (χ1v) is 7.70. The Labute approximate surface area is 134 Å². The van der Waals surface area contributed by atoms with Crippen molar-refractivity contribution in [1.82, 2.24) is 10.2 Å². The van der Waals surface area contributed by atoms with E-state index in [1.807, 2.05) is 0 Å². The van der Waals surface area contributed by atoms with Gasteiger partial charge in [0.25, 0.3) is 0 Å². The lowest BCUT2D eigenvalue weighted by atomic mass is 9.83. The van der Waals surface area contributed by atoms with E-state index in [2.05, 4.69) is 5.32 Å². The molecule has 3 amide bonds. The lowest BCUT2D eigenvalue weighted by Crippen LogP contribution is -2.42. The molecule has 124 valence electrons. The molecule has 0 aromatic heterocycles. The standard InChI is InChI=1S/C17H21FN2O3/c1-17(2,12-6-3-4-7-13(12)18)16(23)19-10-5-11-20-14(21)8-9-15(20)22/h3-4,6-7H,5,8-11H2,1-2H3,(H,19,23). The van der Waals surface area contributed by atoms with Crippen molar-refractivity contribution in [2.24, 2.45) is 0 Å². The number of nitrogens with one attached hydrogen (secondary N) is 1. The molecule has 0 spiro atoms. The second-order valence-electron chi connectivity index (χ2n) is 6.15. The third kappa shape index (κ3) is 3.75. The van der Waals surface area contributed by atoms with Gasteiger partial charge in [-0.3, -0.25) is 19.3 Å². The number of carbonyl (C=O) groups is 3. The van der Waals surface area contributed by atoms with Crippen molar-refractivity contribution in [3.05, 3.63) is 35.6 Å². The van der Waals surface area contributed by atoms with Gasteiger partial charge in [0.2, 0.25) is 17.7 Å². The number of rotatable bonds is 6. The maximum Gasteiger partial charge on any atom is 0.230 e. The molecule has 0 unspecified atom stereocenters. The van der Waals surface area contributed by atoms with Gasteiger partial charge in [0.15, 0.2) is 0 Å². The molecule has 1 fully saturated rings. The van der Waals surface area contributed by atoms with Crippen molar-refractivity contribution in [1.29, 1.82) is 0 Å². The first kappa shape index (κ1) is 17.1. The zero-order chi connectivity index (χ0) is 17.0. The van der Waals surface area contributed by atoms with Crippen LogP contribution in [-0.2, 0) is 19.8 Å². The van der Waals surface area contributed by atoms with Crippen molar-refractivity contribution in [2.45, 2.75) is 38.5 Å². The van der Waals surface area contributed by atoms with E-state index in [1.54, 1.807) is 32.0 Å². The number of halogens is 1. The van der Waals surface area contributed by atoms with Crippen LogP contribution >= 0.6 is 0 Å². The van der Waals surface area contributed by atoms with Crippen molar-refractivity contribution in [3.8, 4) is 0 Å². The summed E-state index contributed by atoms with van der Waals surface area (Å²) in [6.45, 7) is 3.95. The fourth-order valence-electron chi connectivity index (χ4n) is 2.62. The SMILES string of the molecule is CC(C)(C(=O)NCCCN1C(=O)CCC1=O)c1ccccc1F. The first-order chi connectivity index (χ1) is 10.8. The summed E-state index contributed by atoms with van der Waals surface area (Å²) in [6.07, 6.45) is 1.02. The Kier molecular flexibility index (Phi) is 5.13. The zero-order valence-electron chi connectivity index (χ0n) is 13.4. The van der Waals surface area contributed by atoms with Gasteiger partial charge in [-0.1, -0.05) is 18.2 Å². The Morgan fingerprint density at radius 3 is 2.43 bits per heavy atom. The molecule has 0 saturated carbocycles. The van der Waals surface area contributed by atoms with Gasteiger partial charge in [-0.15, -0.1) is 0 Å². The highest BCUT2D eigenvalue weighted by molar-refractivity contribution is 6.01. The van der Waals surface area contributed by atoms with Gasteiger partial charge < -0.3 is 5.32 Å². The molecule has 5 nitrogen and oxygen atoms in total. The van der Waals surface area contributed by atoms with Crippen LogP contribution in [0, 0.1) is 5.82 Å². The van der Waals surface area contributed by atoms with Crippen LogP contribution in [-0.4, -0.2) is 35.7 Å². The highest BCUT2D eigenvalue weighted by Crippen LogP contribution is 2.25. The van der Waals surface area contributed by atoms with Crippen molar-refractivity contribution in [2.75, 3.05) is 13.1 Å². The number of imide groups is 1. The molecule has 6 heteroatoms. The molecule has 1 aromatic carbocycles. The van der Waals surface area contributed by atoms with E-state index in [0.29, 0.717) is 25.1 Å². The molecule has 0 bridgehead atoms. The maximum atomic E-state index is 13.9. The highest BCUT2D eigenvalue weighted by atomic mass is 19.1. The van der Waals surface area contributed by atoms with Crippen LogP contribution in [0.1, 0.15) is 38.7 Å². The summed E-state index contributed by atoms with van der Waals surface area (Å²) >= 11 is 0. The number of hydrogen-bond acceptors (Lipinski definition) is 3. The summed E-state index contributed by atoms with van der Waals surface area (Å²) in [7, 11) is 0. The molecule has 1 aliphatic heterocycles. The molecule has 1 saturated heterocycles. The van der Waals surface area contributed by atoms with Crippen LogP contribution in [0.15, 0.2) is 24.3 Å². The maximum absolute atomic E-state index is 13.9. The minimum atomic E-state index is -0.995. The number of hydrogen-bond donors (Lipinski definition) is 1. The lowest BCUT2D eigenvalue weighted by molar-refractivity contribution is -0.138. The Morgan fingerprint density at radius 1 is 1.22 bits per heavy atom. The summed E-state index contributed by atoms with van der Waals surface area (Å²) in [4.78, 5) is 36.5. The molecule has 1 aliphatic rings. The Balaban J connectivity index is 1.86. The number of nitrogens with zero attached hydrogens (tertiary/aromatic N) is 1. The first-order valence-electron chi connectivity index (χ1n) is 7.70. The Bertz CT molecular complexity index is 612. The monoisotopic (exact) mass is 320 g/mol. The minimum absolute atomic E-state index is 0.159. The normalized spacial score (nSPS) is 15.2. The van der Waals surface area contributed by atoms with Crippen LogP contribution < -0.4 is 5.32 Å². The second kappa shape index (κ2) is 6.89. The summed E-state index contributed by atoms with van der Waals surface area (Å²) in [6, 6.07) is 6.19. The Hall–Kier alpha value is -2.24. The van der Waals surface area contributed by atoms with Crippen LogP contribution in [0.5, 0.6) is 0 Å². The third-order valence-electron chi connectivity index (χ3n) is 4.11. The van der Waals surface area contributed by atoms with E-state index in [0.717, 1.165) is 0 Å². The number of amides is 3. The van der Waals surface area contributed by atoms with Crippen molar-refractivity contribution in [3.63, 3.8) is 0 Å². The van der Waals surface area contributed by atoms with E-state index < -0.39 is 11.2 Å². The molecule has 23 heavy (non-hydrogen) atoms. The minimum Gasteiger partial charge on any atom is -0.355 e. The predicted molar refractivity (Wildman–Crippen MR) is 83.0 cm³/mol. The molecular formula is C17H21FN2O3. The van der Waals surface area contributed by atoms with E-state index >= 15 is 0 Å². The highest BCUT2D eigenvalue weighted by Gasteiger charge is 2.32. The summed E-state index contributed by atoms with van der Waals surface area (Å²) in [5.41, 5.74) is -0.660. The molecular weight excluding hydrogens is 299 g/mol. The van der Waals surface area contributed by atoms with E-state index in [1.165, 1.54) is 11.0 Å². The van der Waals surface area contributed by atoms with Crippen LogP contribution in [0.25, 0.3) is 0 Å². The predicted octanol–water partition coefficient (Wildman–Crippen LogP) is 1.76. The van der Waals surface area contributed by atoms with Crippen molar-refractivity contribution >= 4 is 17.7 Å². The number of likely N-dealkylation sites (tertiary alicyclic amines) is 1. The van der Waals surface area contributed by atoms with Gasteiger partial charge in [0.1, 0.15) is 5.82 Å². The molecule has 0 atom stereocenters. The van der Waals surface area contributed by atoms with Gasteiger partial charge in [-0.2, -0.15) is 0 Å². The number of carbonyl (C=O) groups excluding carboxylic acids is 3. The summed E-state index contributed by atoms with van der Waals surface area (Å²) in [5.74, 6) is -1.02. The Morgan fingerprint density at radius 2 is 1.83 bits per heavy atom. The fourth-order valence-corrected chi connectivity index (χ4v) is 2.62. The van der Waals surface area contributed by atoms with Crippen LogP contribution in [0.4, 0.5) is 4.39 Å². The van der Waals surface area contributed by atoms with E-state index in [4.69, 9.17) is 0 Å². The van der Waals surface area contributed by atoms with Crippen LogP contribution in [0.3, 0.4) is 0 Å². The molecule has 1 N–H and O–H groups in total. The molecule has 0 aliphatic carbocycles. The second-order valence-corrected chi connectivity index (χ2v) is 6.15. The molecule has 1 heterocycles. The van der Waals surface area contributed by atoms with Crippen molar-refractivity contribution < 1.29 is 18.8 Å². The van der Waals surface area contributed by atoms with Gasteiger partial charge in [-0.05, 0) is 26.3 Å². The molecule has 0 radical (unpaired) electrons. The molecule has 1 aromatic rings. The summed E-state index contributed by atoms with van der Waals surface area (Å²) in [5, 5.41) is 2.75. The largest absolute Gasteiger partial charge is 0.355 e. The van der Waals surface area contributed by atoms with Gasteiger partial charge in [0, 0.05) is 31.5 Å². The quantitative estimate of drug-likeness (QED) is 0.641. The smallest absolute Gasteiger partial charge is 0.230 e. The van der Waals surface area contributed by atoms with Gasteiger partial charge in [-0.25, -0.2) is 4.39 Å². The topological polar surface area (TPSA) is 66.5 Å². The lowest BCUT2D eigenvalue weighted by Gasteiger charge is -2.25. The van der Waals surface area contributed by atoms with E-state index in [-0.39, 0.29) is 30.6 Å². The number of benzene rings is 1.